The van der Waals surface area contributed by atoms with Crippen molar-refractivity contribution in [2.75, 3.05) is 0 Å². The first-order chi connectivity index (χ1) is 12.2. The minimum Gasteiger partial charge on any atom is -0.366 e. The fourth-order valence-electron chi connectivity index (χ4n) is 2.59. The van der Waals surface area contributed by atoms with Gasteiger partial charge in [-0.1, -0.05) is 30.3 Å². The highest BCUT2D eigenvalue weighted by atomic mass is 16.2. The van der Waals surface area contributed by atoms with Crippen molar-refractivity contribution in [2.24, 2.45) is 22.9 Å². The van der Waals surface area contributed by atoms with Gasteiger partial charge in [-0.2, -0.15) is 0 Å². The van der Waals surface area contributed by atoms with Gasteiger partial charge in [0.05, 0.1) is 28.0 Å². The van der Waals surface area contributed by atoms with Gasteiger partial charge in [0.25, 0.3) is 0 Å². The average Bonchev–Trinajstić information content (AvgIpc) is 2.59. The Kier molecular flexibility index (Phi) is 4.83. The van der Waals surface area contributed by atoms with E-state index >= 15 is 0 Å². The smallest absolute Gasteiger partial charge is 0.250 e. The number of nitrogens with two attached hydrogens (primary N) is 4. The normalized spacial score (nSPS) is 10.2. The molecule has 2 rings (SSSR count). The van der Waals surface area contributed by atoms with Gasteiger partial charge >= 0.3 is 0 Å². The fraction of sp³-hybridized carbons (Fsp3) is 0. The molecule has 2 aromatic rings. The molecule has 0 fully saturated rings. The Hall–Kier alpha value is -4.01. The topological polar surface area (TPSA) is 196 Å². The molecular weight excluding hydrogens is 338 g/mol. The second-order valence-electron chi connectivity index (χ2n) is 5.29. The van der Waals surface area contributed by atoms with Gasteiger partial charge in [-0.05, 0) is 6.07 Å². The van der Waals surface area contributed by atoms with E-state index in [1.165, 1.54) is 0 Å². The second kappa shape index (κ2) is 6.85. The van der Waals surface area contributed by atoms with E-state index in [9.17, 15) is 19.2 Å². The molecule has 2 aromatic carbocycles. The number of amides is 4. The molecule has 0 spiro atoms. The molecule has 4 amide bonds. The maximum Gasteiger partial charge on any atom is 0.250 e. The minimum atomic E-state index is -1.21. The van der Waals surface area contributed by atoms with E-state index < -0.39 is 45.9 Å². The molecule has 26 heavy (non-hydrogen) atoms. The molecule has 9 N–H and O–H groups in total. The van der Waals surface area contributed by atoms with Gasteiger partial charge in [0.2, 0.25) is 23.6 Å². The van der Waals surface area contributed by atoms with Crippen molar-refractivity contribution in [3.05, 3.63) is 69.8 Å². The predicted molar refractivity (Wildman–Crippen MR) is 92.9 cm³/mol. The van der Waals surface area contributed by atoms with Gasteiger partial charge in [0.1, 0.15) is 0 Å². The largest absolute Gasteiger partial charge is 0.366 e. The Morgan fingerprint density at radius 2 is 1.12 bits per heavy atom. The van der Waals surface area contributed by atoms with Gasteiger partial charge in [0, 0.05) is 11.1 Å². The molecule has 0 saturated heterocycles. The fourth-order valence-corrected chi connectivity index (χ4v) is 2.59. The molecule has 0 aromatic heterocycles. The molecule has 0 aliphatic heterocycles. The van der Waals surface area contributed by atoms with E-state index in [1.807, 2.05) is 0 Å². The number of primary amides is 4. The predicted octanol–water partition coefficient (Wildman–Crippen LogP) is -0.502. The molecular formula is C17H15N5O4. The standard InChI is InChI=1S/C17H15N5O4/c18-13(7-4-2-1-3-5-7)8-6-9(14(19)23)11(16(21)25)12(17(22)26)10(8)15(20)24/h1-6,18H,(H2,19,23)(H2,20,24)(H2,21,25)(H2,22,26). The van der Waals surface area contributed by atoms with Crippen LogP contribution in [-0.2, 0) is 0 Å². The third-order valence-corrected chi connectivity index (χ3v) is 3.66. The molecule has 0 saturated carbocycles. The summed E-state index contributed by atoms with van der Waals surface area (Å²) < 4.78 is 0. The van der Waals surface area contributed by atoms with Crippen LogP contribution in [-0.4, -0.2) is 29.3 Å². The van der Waals surface area contributed by atoms with Crippen LogP contribution in [0.3, 0.4) is 0 Å². The monoisotopic (exact) mass is 353 g/mol. The molecule has 9 heteroatoms. The quantitative estimate of drug-likeness (QED) is 0.436. The van der Waals surface area contributed by atoms with Crippen LogP contribution in [0.5, 0.6) is 0 Å². The van der Waals surface area contributed by atoms with Crippen molar-refractivity contribution < 1.29 is 19.2 Å². The van der Waals surface area contributed by atoms with Crippen LogP contribution >= 0.6 is 0 Å². The first kappa shape index (κ1) is 18.3. The van der Waals surface area contributed by atoms with Crippen molar-refractivity contribution in [3.63, 3.8) is 0 Å². The van der Waals surface area contributed by atoms with Gasteiger partial charge in [-0.3, -0.25) is 24.6 Å². The molecule has 0 heterocycles. The Bertz CT molecular complexity index is 967. The highest BCUT2D eigenvalue weighted by Gasteiger charge is 2.30. The summed E-state index contributed by atoms with van der Waals surface area (Å²) in [6.45, 7) is 0. The van der Waals surface area contributed by atoms with Crippen molar-refractivity contribution in [1.29, 1.82) is 5.41 Å². The zero-order valence-corrected chi connectivity index (χ0v) is 13.4. The third-order valence-electron chi connectivity index (χ3n) is 3.66. The summed E-state index contributed by atoms with van der Waals surface area (Å²) in [6, 6.07) is 9.19. The first-order valence-electron chi connectivity index (χ1n) is 7.21. The van der Waals surface area contributed by atoms with Gasteiger partial charge in [0.15, 0.2) is 0 Å². The lowest BCUT2D eigenvalue weighted by atomic mass is 9.86. The number of nitrogens with one attached hydrogen (secondary N) is 1. The molecule has 132 valence electrons. The minimum absolute atomic E-state index is 0.170. The molecule has 9 nitrogen and oxygen atoms in total. The van der Waals surface area contributed by atoms with Crippen LogP contribution in [0.4, 0.5) is 0 Å². The molecule has 0 aliphatic rings. The lowest BCUT2D eigenvalue weighted by Crippen LogP contribution is -2.32. The number of benzene rings is 2. The highest BCUT2D eigenvalue weighted by Crippen LogP contribution is 2.25. The van der Waals surface area contributed by atoms with Crippen LogP contribution in [0.1, 0.15) is 52.6 Å². The van der Waals surface area contributed by atoms with Gasteiger partial charge in [-0.15, -0.1) is 0 Å². The Labute approximate surface area is 147 Å². The lowest BCUT2D eigenvalue weighted by molar-refractivity contribution is 0.0944. The van der Waals surface area contributed by atoms with Crippen LogP contribution in [0, 0.1) is 5.41 Å². The number of rotatable bonds is 6. The zero-order valence-electron chi connectivity index (χ0n) is 13.4. The SMILES string of the molecule is N=C(c1ccccc1)c1cc(C(N)=O)c(C(N)=O)c(C(N)=O)c1C(N)=O. The highest BCUT2D eigenvalue weighted by molar-refractivity contribution is 6.24. The maximum absolute atomic E-state index is 12.0. The molecule has 0 bridgehead atoms. The van der Waals surface area contributed by atoms with Crippen molar-refractivity contribution in [1.82, 2.24) is 0 Å². The van der Waals surface area contributed by atoms with Gasteiger partial charge in [-0.25, -0.2) is 0 Å². The van der Waals surface area contributed by atoms with Gasteiger partial charge < -0.3 is 22.9 Å². The number of hydrogen-bond donors (Lipinski definition) is 5. The van der Waals surface area contributed by atoms with Crippen LogP contribution in [0.2, 0.25) is 0 Å². The summed E-state index contributed by atoms with van der Waals surface area (Å²) in [5, 5.41) is 8.33. The van der Waals surface area contributed by atoms with E-state index in [0.717, 1.165) is 6.07 Å². The maximum atomic E-state index is 12.0. The molecule has 0 radical (unpaired) electrons. The first-order valence-corrected chi connectivity index (χ1v) is 7.21. The zero-order chi connectivity index (χ0) is 19.6. The summed E-state index contributed by atoms with van der Waals surface area (Å²) in [5.41, 5.74) is 19.0. The van der Waals surface area contributed by atoms with E-state index in [0.29, 0.717) is 5.56 Å². The Morgan fingerprint density at radius 1 is 0.654 bits per heavy atom. The van der Waals surface area contributed by atoms with Crippen molar-refractivity contribution in [3.8, 4) is 0 Å². The van der Waals surface area contributed by atoms with Crippen LogP contribution < -0.4 is 22.9 Å². The van der Waals surface area contributed by atoms with Crippen LogP contribution in [0.15, 0.2) is 36.4 Å². The average molecular weight is 353 g/mol. The van der Waals surface area contributed by atoms with Crippen LogP contribution in [0.25, 0.3) is 0 Å². The Morgan fingerprint density at radius 3 is 1.54 bits per heavy atom. The summed E-state index contributed by atoms with van der Waals surface area (Å²) in [4.78, 5) is 47.5. The van der Waals surface area contributed by atoms with E-state index in [-0.39, 0.29) is 11.3 Å². The molecule has 0 atom stereocenters. The number of carbonyl (C=O) groups excluding carboxylic acids is 4. The second-order valence-corrected chi connectivity index (χ2v) is 5.29. The Balaban J connectivity index is 2.99. The molecule has 0 unspecified atom stereocenters. The molecule has 0 aliphatic carbocycles. The van der Waals surface area contributed by atoms with E-state index in [4.69, 9.17) is 28.3 Å². The van der Waals surface area contributed by atoms with Crippen molar-refractivity contribution in [2.45, 2.75) is 0 Å². The summed E-state index contributed by atoms with van der Waals surface area (Å²) in [6.07, 6.45) is 0. The van der Waals surface area contributed by atoms with E-state index in [2.05, 4.69) is 0 Å². The summed E-state index contributed by atoms with van der Waals surface area (Å²) in [5.74, 6) is -4.60. The lowest BCUT2D eigenvalue weighted by Gasteiger charge is -2.17. The summed E-state index contributed by atoms with van der Waals surface area (Å²) >= 11 is 0. The number of carbonyl (C=O) groups is 4. The number of hydrogen-bond acceptors (Lipinski definition) is 5. The third kappa shape index (κ3) is 3.13. The van der Waals surface area contributed by atoms with E-state index in [1.54, 1.807) is 30.3 Å². The summed E-state index contributed by atoms with van der Waals surface area (Å²) in [7, 11) is 0. The van der Waals surface area contributed by atoms with Crippen molar-refractivity contribution >= 4 is 29.3 Å².